The number of carbonyl (C=O) groups excluding carboxylic acids is 1. The fourth-order valence-corrected chi connectivity index (χ4v) is 5.29. The number of hydrogen-bond donors (Lipinski definition) is 1. The molecule has 0 radical (unpaired) electrons. The Labute approximate surface area is 152 Å². The monoisotopic (exact) mass is 382 g/mol. The molecule has 2 N–H and O–H groups in total. The first-order valence-electron chi connectivity index (χ1n) is 8.59. The van der Waals surface area contributed by atoms with Crippen molar-refractivity contribution >= 4 is 21.6 Å². The molecule has 0 aromatic heterocycles. The maximum Gasteiger partial charge on any atom is 0.270 e. The van der Waals surface area contributed by atoms with Gasteiger partial charge >= 0.3 is 0 Å². The van der Waals surface area contributed by atoms with E-state index in [1.807, 2.05) is 0 Å². The zero-order valence-corrected chi connectivity index (χ0v) is 15.1. The number of nitrogens with zero attached hydrogens (tertiary/aromatic N) is 3. The Morgan fingerprint density at radius 2 is 2.08 bits per heavy atom. The number of non-ortho nitro benzene ring substituents is 1. The van der Waals surface area contributed by atoms with E-state index in [2.05, 4.69) is 0 Å². The molecule has 2 aliphatic rings. The van der Waals surface area contributed by atoms with E-state index in [0.29, 0.717) is 32.5 Å². The van der Waals surface area contributed by atoms with Gasteiger partial charge in [-0.25, -0.2) is 8.42 Å². The Kier molecular flexibility index (Phi) is 5.26. The highest BCUT2D eigenvalue weighted by atomic mass is 32.2. The van der Waals surface area contributed by atoms with Crippen molar-refractivity contribution in [1.29, 1.82) is 0 Å². The molecule has 142 valence electrons. The van der Waals surface area contributed by atoms with E-state index in [0.717, 1.165) is 12.5 Å². The summed E-state index contributed by atoms with van der Waals surface area (Å²) in [5.41, 5.74) is 5.37. The second-order valence-electron chi connectivity index (χ2n) is 6.70. The maximum absolute atomic E-state index is 13.0. The summed E-state index contributed by atoms with van der Waals surface area (Å²) in [6.45, 7) is 1.87. The lowest BCUT2D eigenvalue weighted by molar-refractivity contribution is -0.385. The number of carbonyl (C=O) groups is 1. The molecule has 0 aliphatic carbocycles. The van der Waals surface area contributed by atoms with Gasteiger partial charge in [-0.1, -0.05) is 6.07 Å². The second-order valence-corrected chi connectivity index (χ2v) is 8.59. The molecule has 26 heavy (non-hydrogen) atoms. The summed E-state index contributed by atoms with van der Waals surface area (Å²) in [5.74, 6) is 0.0506. The molecule has 2 saturated heterocycles. The van der Waals surface area contributed by atoms with Gasteiger partial charge in [-0.2, -0.15) is 4.31 Å². The predicted octanol–water partition coefficient (Wildman–Crippen LogP) is 0.555. The van der Waals surface area contributed by atoms with Crippen LogP contribution < -0.4 is 5.73 Å². The van der Waals surface area contributed by atoms with Crippen molar-refractivity contribution in [2.75, 3.05) is 26.2 Å². The van der Waals surface area contributed by atoms with Crippen molar-refractivity contribution in [3.8, 4) is 0 Å². The number of nitro benzene ring substituents is 1. The van der Waals surface area contributed by atoms with Crippen molar-refractivity contribution in [2.45, 2.75) is 30.2 Å². The number of hydrogen-bond acceptors (Lipinski definition) is 6. The van der Waals surface area contributed by atoms with Gasteiger partial charge in [0.15, 0.2) is 0 Å². The highest BCUT2D eigenvalue weighted by molar-refractivity contribution is 7.89. The number of likely N-dealkylation sites (tertiary alicyclic amines) is 1. The van der Waals surface area contributed by atoms with E-state index in [4.69, 9.17) is 5.73 Å². The highest BCUT2D eigenvalue weighted by Crippen LogP contribution is 2.30. The average Bonchev–Trinajstić information content (AvgIpc) is 3.30. The Hall–Kier alpha value is -2.04. The third kappa shape index (κ3) is 3.44. The van der Waals surface area contributed by atoms with Gasteiger partial charge in [-0.05, 0) is 37.8 Å². The molecular formula is C16H22N4O5S. The lowest BCUT2D eigenvalue weighted by Crippen LogP contribution is -2.47. The first-order valence-corrected chi connectivity index (χ1v) is 10.0. The summed E-state index contributed by atoms with van der Waals surface area (Å²) >= 11 is 0. The Balaban J connectivity index is 1.84. The molecule has 2 aliphatic heterocycles. The average molecular weight is 382 g/mol. The fourth-order valence-electron chi connectivity index (χ4n) is 3.60. The predicted molar refractivity (Wildman–Crippen MR) is 93.8 cm³/mol. The van der Waals surface area contributed by atoms with Gasteiger partial charge in [0.25, 0.3) is 5.69 Å². The van der Waals surface area contributed by atoms with Crippen molar-refractivity contribution in [1.82, 2.24) is 9.21 Å². The molecule has 0 saturated carbocycles. The fraction of sp³-hybridized carbons (Fsp3) is 0.562. The molecule has 2 atom stereocenters. The van der Waals surface area contributed by atoms with Gasteiger partial charge in [0.1, 0.15) is 6.04 Å². The number of sulfonamides is 1. The Bertz CT molecular complexity index is 813. The third-order valence-corrected chi connectivity index (χ3v) is 6.96. The van der Waals surface area contributed by atoms with Crippen molar-refractivity contribution in [2.24, 2.45) is 11.7 Å². The van der Waals surface area contributed by atoms with Crippen molar-refractivity contribution in [3.63, 3.8) is 0 Å². The smallest absolute Gasteiger partial charge is 0.270 e. The SMILES string of the molecule is NCC1CCN(C(=O)C2CCCN2S(=O)(=O)c2cccc([N+](=O)[O-])c2)C1. The van der Waals surface area contributed by atoms with E-state index < -0.39 is 21.0 Å². The van der Waals surface area contributed by atoms with E-state index in [-0.39, 0.29) is 29.0 Å². The van der Waals surface area contributed by atoms with Crippen LogP contribution in [-0.2, 0) is 14.8 Å². The summed E-state index contributed by atoms with van der Waals surface area (Å²) in [7, 11) is -3.98. The molecule has 10 heteroatoms. The van der Waals surface area contributed by atoms with Crippen LogP contribution >= 0.6 is 0 Å². The number of nitro groups is 1. The molecule has 2 unspecified atom stereocenters. The highest BCUT2D eigenvalue weighted by Gasteiger charge is 2.42. The minimum atomic E-state index is -3.98. The number of amides is 1. The van der Waals surface area contributed by atoms with Crippen LogP contribution in [0.25, 0.3) is 0 Å². The summed E-state index contributed by atoms with van der Waals surface area (Å²) in [4.78, 5) is 24.7. The first-order chi connectivity index (χ1) is 12.3. The molecule has 3 rings (SSSR count). The van der Waals surface area contributed by atoms with Gasteiger partial charge in [0, 0.05) is 31.8 Å². The molecule has 1 amide bonds. The van der Waals surface area contributed by atoms with Gasteiger partial charge in [0.2, 0.25) is 15.9 Å². The maximum atomic E-state index is 13.0. The van der Waals surface area contributed by atoms with Crippen LogP contribution in [0.2, 0.25) is 0 Å². The summed E-state index contributed by atoms with van der Waals surface area (Å²) in [5, 5.41) is 10.9. The van der Waals surface area contributed by atoms with Crippen LogP contribution in [-0.4, -0.2) is 60.7 Å². The van der Waals surface area contributed by atoms with Crippen LogP contribution in [0.5, 0.6) is 0 Å². The third-order valence-electron chi connectivity index (χ3n) is 5.05. The number of nitrogens with two attached hydrogens (primary N) is 1. The van der Waals surface area contributed by atoms with Gasteiger partial charge < -0.3 is 10.6 Å². The quantitative estimate of drug-likeness (QED) is 0.585. The van der Waals surface area contributed by atoms with E-state index in [9.17, 15) is 23.3 Å². The van der Waals surface area contributed by atoms with Gasteiger partial charge in [0.05, 0.1) is 9.82 Å². The molecule has 9 nitrogen and oxygen atoms in total. The summed E-state index contributed by atoms with van der Waals surface area (Å²) < 4.78 is 27.1. The molecule has 2 fully saturated rings. The topological polar surface area (TPSA) is 127 Å². The minimum Gasteiger partial charge on any atom is -0.341 e. The van der Waals surface area contributed by atoms with E-state index >= 15 is 0 Å². The zero-order valence-electron chi connectivity index (χ0n) is 14.3. The molecule has 0 spiro atoms. The van der Waals surface area contributed by atoms with Crippen LogP contribution in [0, 0.1) is 16.0 Å². The lowest BCUT2D eigenvalue weighted by Gasteiger charge is -2.27. The minimum absolute atomic E-state index is 0.160. The normalized spacial score (nSPS) is 24.1. The van der Waals surface area contributed by atoms with Crippen LogP contribution in [0.1, 0.15) is 19.3 Å². The van der Waals surface area contributed by atoms with Crippen LogP contribution in [0.4, 0.5) is 5.69 Å². The van der Waals surface area contributed by atoms with Crippen LogP contribution in [0.15, 0.2) is 29.2 Å². The molecule has 1 aromatic carbocycles. The van der Waals surface area contributed by atoms with Gasteiger partial charge in [-0.15, -0.1) is 0 Å². The largest absolute Gasteiger partial charge is 0.341 e. The van der Waals surface area contributed by atoms with Crippen LogP contribution in [0.3, 0.4) is 0 Å². The van der Waals surface area contributed by atoms with Gasteiger partial charge in [-0.3, -0.25) is 14.9 Å². The van der Waals surface area contributed by atoms with Crippen molar-refractivity contribution < 1.29 is 18.1 Å². The molecule has 0 bridgehead atoms. The van der Waals surface area contributed by atoms with E-state index in [1.54, 1.807) is 4.90 Å². The van der Waals surface area contributed by atoms with Crippen molar-refractivity contribution in [3.05, 3.63) is 34.4 Å². The Morgan fingerprint density at radius 1 is 1.31 bits per heavy atom. The van der Waals surface area contributed by atoms with E-state index in [1.165, 1.54) is 22.5 Å². The first kappa shape index (κ1) is 18.7. The lowest BCUT2D eigenvalue weighted by atomic mass is 10.1. The zero-order chi connectivity index (χ0) is 18.9. The standard InChI is InChI=1S/C16H22N4O5S/c17-10-12-6-8-18(11-12)16(21)15-5-2-7-19(15)26(24,25)14-4-1-3-13(9-14)20(22)23/h1,3-4,9,12,15H,2,5-8,10-11,17H2. The summed E-state index contributed by atoms with van der Waals surface area (Å²) in [6, 6.07) is 4.18. The molecular weight excluding hydrogens is 360 g/mol. The Morgan fingerprint density at radius 3 is 2.73 bits per heavy atom. The number of rotatable bonds is 5. The molecule has 1 aromatic rings. The molecule has 2 heterocycles. The number of benzene rings is 1. The second kappa shape index (κ2) is 7.29. The summed E-state index contributed by atoms with van der Waals surface area (Å²) in [6.07, 6.45) is 1.86.